The van der Waals surface area contributed by atoms with Crippen LogP contribution in [0.2, 0.25) is 0 Å². The molecule has 24 heavy (non-hydrogen) atoms. The third-order valence-corrected chi connectivity index (χ3v) is 4.37. The topological polar surface area (TPSA) is 50.3 Å². The number of aryl methyl sites for hydroxylation is 1. The number of rotatable bonds is 5. The van der Waals surface area contributed by atoms with Crippen LogP contribution < -0.4 is 15.0 Å². The summed E-state index contributed by atoms with van der Waals surface area (Å²) in [6.07, 6.45) is 2.45. The zero-order valence-corrected chi connectivity index (χ0v) is 14.7. The van der Waals surface area contributed by atoms with Crippen LogP contribution in [0.1, 0.15) is 32.5 Å². The summed E-state index contributed by atoms with van der Waals surface area (Å²) in [6.45, 7) is 9.07. The van der Waals surface area contributed by atoms with Gasteiger partial charge in [0.15, 0.2) is 0 Å². The molecule has 1 fully saturated rings. The lowest BCUT2D eigenvalue weighted by atomic mass is 9.99. The van der Waals surface area contributed by atoms with Crippen molar-refractivity contribution in [3.8, 4) is 5.75 Å². The quantitative estimate of drug-likeness (QED) is 0.894. The first-order valence-electron chi connectivity index (χ1n) is 8.74. The van der Waals surface area contributed by atoms with Crippen LogP contribution in [-0.2, 0) is 0 Å². The van der Waals surface area contributed by atoms with Crippen molar-refractivity contribution >= 4 is 17.3 Å². The van der Waals surface area contributed by atoms with Crippen LogP contribution in [0.5, 0.6) is 5.75 Å². The molecule has 1 aliphatic heterocycles. The maximum atomic E-state index is 5.48. The van der Waals surface area contributed by atoms with Crippen molar-refractivity contribution in [2.45, 2.75) is 33.6 Å². The van der Waals surface area contributed by atoms with Crippen LogP contribution in [0, 0.1) is 12.8 Å². The summed E-state index contributed by atoms with van der Waals surface area (Å²) in [6, 6.07) is 9.98. The number of nitrogens with one attached hydrogen (secondary N) is 1. The Kier molecular flexibility index (Phi) is 5.18. The van der Waals surface area contributed by atoms with Gasteiger partial charge in [0.1, 0.15) is 23.2 Å². The minimum Gasteiger partial charge on any atom is -0.494 e. The fraction of sp³-hybridized carbons (Fsp3) is 0.474. The van der Waals surface area contributed by atoms with Gasteiger partial charge in [0, 0.05) is 24.8 Å². The van der Waals surface area contributed by atoms with Gasteiger partial charge in [-0.15, -0.1) is 0 Å². The first-order chi connectivity index (χ1) is 11.6. The molecule has 0 atom stereocenters. The van der Waals surface area contributed by atoms with E-state index in [0.29, 0.717) is 6.61 Å². The van der Waals surface area contributed by atoms with Crippen LogP contribution >= 0.6 is 0 Å². The summed E-state index contributed by atoms with van der Waals surface area (Å²) in [5.41, 5.74) is 0.995. The number of anilines is 3. The summed E-state index contributed by atoms with van der Waals surface area (Å²) < 4.78 is 5.48. The summed E-state index contributed by atoms with van der Waals surface area (Å²) in [4.78, 5) is 11.5. The summed E-state index contributed by atoms with van der Waals surface area (Å²) in [5, 5.41) is 3.37. The molecule has 1 aromatic carbocycles. The van der Waals surface area contributed by atoms with E-state index in [2.05, 4.69) is 27.1 Å². The van der Waals surface area contributed by atoms with Crippen LogP contribution in [-0.4, -0.2) is 29.7 Å². The Morgan fingerprint density at radius 3 is 2.54 bits per heavy atom. The standard InChI is InChI=1S/C19H26N4O/c1-4-24-17-7-5-16(6-8-17)22-18-13-19(21-15(3)20-18)23-11-9-14(2)10-12-23/h5-8,13-14H,4,9-12H2,1-3H3,(H,20,21,22). The van der Waals surface area contributed by atoms with Gasteiger partial charge >= 0.3 is 0 Å². The molecule has 5 nitrogen and oxygen atoms in total. The van der Waals surface area contributed by atoms with E-state index in [1.807, 2.05) is 44.2 Å². The Morgan fingerprint density at radius 1 is 1.17 bits per heavy atom. The Bertz CT molecular complexity index is 664. The lowest BCUT2D eigenvalue weighted by Crippen LogP contribution is -2.33. The van der Waals surface area contributed by atoms with E-state index in [9.17, 15) is 0 Å². The van der Waals surface area contributed by atoms with Crippen molar-refractivity contribution in [1.29, 1.82) is 0 Å². The second-order valence-electron chi connectivity index (χ2n) is 6.41. The van der Waals surface area contributed by atoms with Crippen LogP contribution in [0.15, 0.2) is 30.3 Å². The molecule has 2 aromatic rings. The van der Waals surface area contributed by atoms with Crippen molar-refractivity contribution in [2.24, 2.45) is 5.92 Å². The highest BCUT2D eigenvalue weighted by Crippen LogP contribution is 2.25. The molecule has 0 spiro atoms. The lowest BCUT2D eigenvalue weighted by Gasteiger charge is -2.31. The largest absolute Gasteiger partial charge is 0.494 e. The molecule has 1 saturated heterocycles. The van der Waals surface area contributed by atoms with Gasteiger partial charge in [-0.1, -0.05) is 6.92 Å². The minimum atomic E-state index is 0.676. The van der Waals surface area contributed by atoms with Gasteiger partial charge in [0.05, 0.1) is 6.61 Å². The third kappa shape index (κ3) is 4.16. The van der Waals surface area contributed by atoms with Gasteiger partial charge in [0.2, 0.25) is 0 Å². The Morgan fingerprint density at radius 2 is 1.88 bits per heavy atom. The second kappa shape index (κ2) is 7.51. The average molecular weight is 326 g/mol. The first-order valence-corrected chi connectivity index (χ1v) is 8.74. The molecule has 0 amide bonds. The SMILES string of the molecule is CCOc1ccc(Nc2cc(N3CCC(C)CC3)nc(C)n2)cc1. The van der Waals surface area contributed by atoms with Crippen LogP contribution in [0.4, 0.5) is 17.3 Å². The fourth-order valence-corrected chi connectivity index (χ4v) is 2.96. The lowest BCUT2D eigenvalue weighted by molar-refractivity contribution is 0.340. The minimum absolute atomic E-state index is 0.676. The molecular formula is C19H26N4O. The number of benzene rings is 1. The van der Waals surface area contributed by atoms with Gasteiger partial charge in [-0.25, -0.2) is 9.97 Å². The summed E-state index contributed by atoms with van der Waals surface area (Å²) in [7, 11) is 0. The van der Waals surface area contributed by atoms with Gasteiger partial charge in [-0.2, -0.15) is 0 Å². The highest BCUT2D eigenvalue weighted by molar-refractivity contribution is 5.60. The highest BCUT2D eigenvalue weighted by atomic mass is 16.5. The van der Waals surface area contributed by atoms with Gasteiger partial charge in [-0.05, 0) is 56.9 Å². The molecule has 1 aliphatic rings. The molecule has 1 aromatic heterocycles. The zero-order chi connectivity index (χ0) is 16.9. The van der Waals surface area contributed by atoms with Gasteiger partial charge in [0.25, 0.3) is 0 Å². The number of ether oxygens (including phenoxy) is 1. The van der Waals surface area contributed by atoms with Crippen molar-refractivity contribution in [3.63, 3.8) is 0 Å². The smallest absolute Gasteiger partial charge is 0.136 e. The van der Waals surface area contributed by atoms with E-state index < -0.39 is 0 Å². The molecule has 128 valence electrons. The van der Waals surface area contributed by atoms with E-state index in [-0.39, 0.29) is 0 Å². The van der Waals surface area contributed by atoms with E-state index >= 15 is 0 Å². The van der Waals surface area contributed by atoms with E-state index in [0.717, 1.165) is 47.9 Å². The van der Waals surface area contributed by atoms with E-state index in [1.54, 1.807) is 0 Å². The monoisotopic (exact) mass is 326 g/mol. The number of hydrogen-bond donors (Lipinski definition) is 1. The molecule has 0 unspecified atom stereocenters. The maximum absolute atomic E-state index is 5.48. The summed E-state index contributed by atoms with van der Waals surface area (Å²) in [5.74, 6) is 4.33. The van der Waals surface area contributed by atoms with Crippen molar-refractivity contribution in [1.82, 2.24) is 9.97 Å². The molecule has 5 heteroatoms. The first kappa shape index (κ1) is 16.6. The molecule has 0 radical (unpaired) electrons. The number of aromatic nitrogens is 2. The van der Waals surface area contributed by atoms with E-state index in [1.165, 1.54) is 12.8 Å². The molecule has 0 aliphatic carbocycles. The van der Waals surface area contributed by atoms with Gasteiger partial charge in [-0.3, -0.25) is 0 Å². The normalized spacial score (nSPS) is 15.4. The van der Waals surface area contributed by atoms with Crippen molar-refractivity contribution in [2.75, 3.05) is 29.9 Å². The molecule has 1 N–H and O–H groups in total. The predicted octanol–water partition coefficient (Wildman–Crippen LogP) is 4.16. The van der Waals surface area contributed by atoms with Crippen molar-refractivity contribution in [3.05, 3.63) is 36.2 Å². The van der Waals surface area contributed by atoms with Crippen molar-refractivity contribution < 1.29 is 4.74 Å². The van der Waals surface area contributed by atoms with Crippen LogP contribution in [0.25, 0.3) is 0 Å². The highest BCUT2D eigenvalue weighted by Gasteiger charge is 2.18. The number of nitrogens with zero attached hydrogens (tertiary/aromatic N) is 3. The Labute approximate surface area is 144 Å². The predicted molar refractivity (Wildman–Crippen MR) is 98.3 cm³/mol. The fourth-order valence-electron chi connectivity index (χ4n) is 2.96. The number of hydrogen-bond acceptors (Lipinski definition) is 5. The van der Waals surface area contributed by atoms with Gasteiger partial charge < -0.3 is 15.0 Å². The van der Waals surface area contributed by atoms with Crippen LogP contribution in [0.3, 0.4) is 0 Å². The zero-order valence-electron chi connectivity index (χ0n) is 14.7. The van der Waals surface area contributed by atoms with E-state index in [4.69, 9.17) is 4.74 Å². The maximum Gasteiger partial charge on any atom is 0.136 e. The Hall–Kier alpha value is -2.30. The Balaban J connectivity index is 1.73. The third-order valence-electron chi connectivity index (χ3n) is 4.37. The molecule has 3 rings (SSSR count). The second-order valence-corrected chi connectivity index (χ2v) is 6.41. The summed E-state index contributed by atoms with van der Waals surface area (Å²) >= 11 is 0. The molecule has 0 bridgehead atoms. The molecule has 0 saturated carbocycles. The molecular weight excluding hydrogens is 300 g/mol. The number of piperidine rings is 1. The average Bonchev–Trinajstić information content (AvgIpc) is 2.57. The molecule has 2 heterocycles.